The standard InChI is InChI=1S/C20H21N3O3/c1-13-9-10-15-7-4-5-8-16(15)17(13)22-18(24)14(2)20(3,19(25)26)23-12-6-11-21-23/h4-12,14H,1-3H3,(H,22,24)(H,25,26). The third kappa shape index (κ3) is 2.83. The summed E-state index contributed by atoms with van der Waals surface area (Å²) in [6, 6.07) is 13.3. The molecule has 0 radical (unpaired) electrons. The maximum absolute atomic E-state index is 12.9. The number of carboxylic acid groups (broad SMARTS) is 1. The highest BCUT2D eigenvalue weighted by Crippen LogP contribution is 2.31. The summed E-state index contributed by atoms with van der Waals surface area (Å²) in [7, 11) is 0. The van der Waals surface area contributed by atoms with E-state index in [0.29, 0.717) is 5.69 Å². The molecule has 1 amide bonds. The van der Waals surface area contributed by atoms with Gasteiger partial charge in [-0.15, -0.1) is 0 Å². The molecule has 3 rings (SSSR count). The molecule has 2 aromatic carbocycles. The van der Waals surface area contributed by atoms with E-state index in [2.05, 4.69) is 10.4 Å². The minimum Gasteiger partial charge on any atom is -0.479 e. The topological polar surface area (TPSA) is 84.2 Å². The zero-order valence-electron chi connectivity index (χ0n) is 14.9. The zero-order valence-corrected chi connectivity index (χ0v) is 14.9. The van der Waals surface area contributed by atoms with E-state index in [0.717, 1.165) is 16.3 Å². The van der Waals surface area contributed by atoms with Crippen LogP contribution in [0.1, 0.15) is 19.4 Å². The molecular formula is C20H21N3O3. The fraction of sp³-hybridized carbons (Fsp3) is 0.250. The van der Waals surface area contributed by atoms with Crippen molar-refractivity contribution in [3.8, 4) is 0 Å². The number of aromatic nitrogens is 2. The number of nitrogens with one attached hydrogen (secondary N) is 1. The number of carbonyl (C=O) groups is 2. The van der Waals surface area contributed by atoms with Crippen LogP contribution >= 0.6 is 0 Å². The molecule has 134 valence electrons. The highest BCUT2D eigenvalue weighted by Gasteiger charge is 2.45. The van der Waals surface area contributed by atoms with Crippen LogP contribution in [0.4, 0.5) is 5.69 Å². The summed E-state index contributed by atoms with van der Waals surface area (Å²) in [6.45, 7) is 5.02. The molecule has 2 N–H and O–H groups in total. The fourth-order valence-corrected chi connectivity index (χ4v) is 3.06. The highest BCUT2D eigenvalue weighted by molar-refractivity contribution is 6.05. The summed E-state index contributed by atoms with van der Waals surface area (Å²) in [5.41, 5.74) is 0.125. The number of carbonyl (C=O) groups excluding carboxylic acids is 1. The van der Waals surface area contributed by atoms with E-state index in [-0.39, 0.29) is 5.91 Å². The Morgan fingerprint density at radius 1 is 1.19 bits per heavy atom. The molecule has 2 unspecified atom stereocenters. The Balaban J connectivity index is 1.98. The number of aryl methyl sites for hydroxylation is 1. The number of anilines is 1. The largest absolute Gasteiger partial charge is 0.479 e. The number of benzene rings is 2. The van der Waals surface area contributed by atoms with E-state index in [1.807, 2.05) is 43.3 Å². The maximum atomic E-state index is 12.9. The number of carboxylic acids is 1. The Kier molecular flexibility index (Phi) is 4.50. The third-order valence-electron chi connectivity index (χ3n) is 5.04. The second-order valence-electron chi connectivity index (χ2n) is 6.59. The molecular weight excluding hydrogens is 330 g/mol. The lowest BCUT2D eigenvalue weighted by Crippen LogP contribution is -2.49. The van der Waals surface area contributed by atoms with Gasteiger partial charge in [0, 0.05) is 17.8 Å². The molecule has 0 saturated carbocycles. The molecule has 0 aliphatic rings. The van der Waals surface area contributed by atoms with Crippen molar-refractivity contribution >= 4 is 28.3 Å². The number of aliphatic carboxylic acids is 1. The van der Waals surface area contributed by atoms with Crippen molar-refractivity contribution in [2.75, 3.05) is 5.32 Å². The summed E-state index contributed by atoms with van der Waals surface area (Å²) in [6.07, 6.45) is 3.06. The summed E-state index contributed by atoms with van der Waals surface area (Å²) in [4.78, 5) is 24.9. The van der Waals surface area contributed by atoms with Crippen LogP contribution in [0.15, 0.2) is 54.9 Å². The first-order valence-electron chi connectivity index (χ1n) is 8.38. The van der Waals surface area contributed by atoms with Crippen molar-refractivity contribution in [1.29, 1.82) is 0 Å². The van der Waals surface area contributed by atoms with Crippen LogP contribution in [0.25, 0.3) is 10.8 Å². The number of rotatable bonds is 5. The van der Waals surface area contributed by atoms with Crippen LogP contribution in [0.2, 0.25) is 0 Å². The van der Waals surface area contributed by atoms with Gasteiger partial charge in [-0.05, 0) is 30.9 Å². The zero-order chi connectivity index (χ0) is 18.9. The van der Waals surface area contributed by atoms with Crippen molar-refractivity contribution < 1.29 is 14.7 Å². The quantitative estimate of drug-likeness (QED) is 0.738. The van der Waals surface area contributed by atoms with Crippen molar-refractivity contribution in [2.24, 2.45) is 5.92 Å². The number of amides is 1. The molecule has 1 heterocycles. The third-order valence-corrected chi connectivity index (χ3v) is 5.04. The van der Waals surface area contributed by atoms with Gasteiger partial charge in [0.1, 0.15) is 0 Å². The molecule has 3 aromatic rings. The fourth-order valence-electron chi connectivity index (χ4n) is 3.06. The van der Waals surface area contributed by atoms with Gasteiger partial charge in [0.15, 0.2) is 5.54 Å². The van der Waals surface area contributed by atoms with Gasteiger partial charge in [-0.1, -0.05) is 43.3 Å². The monoisotopic (exact) mass is 351 g/mol. The van der Waals surface area contributed by atoms with Crippen LogP contribution < -0.4 is 5.32 Å². The number of fused-ring (bicyclic) bond motifs is 1. The Hall–Kier alpha value is -3.15. The van der Waals surface area contributed by atoms with Gasteiger partial charge < -0.3 is 10.4 Å². The molecule has 0 bridgehead atoms. The minimum atomic E-state index is -1.49. The van der Waals surface area contributed by atoms with Crippen LogP contribution in [-0.2, 0) is 15.1 Å². The summed E-state index contributed by atoms with van der Waals surface area (Å²) >= 11 is 0. The predicted molar refractivity (Wildman–Crippen MR) is 100.0 cm³/mol. The molecule has 1 aromatic heterocycles. The average Bonchev–Trinajstić information content (AvgIpc) is 3.17. The van der Waals surface area contributed by atoms with Crippen LogP contribution in [0, 0.1) is 12.8 Å². The van der Waals surface area contributed by atoms with Gasteiger partial charge in [-0.2, -0.15) is 5.10 Å². The summed E-state index contributed by atoms with van der Waals surface area (Å²) in [5.74, 6) is -2.33. The number of hydrogen-bond donors (Lipinski definition) is 2. The molecule has 0 aliphatic carbocycles. The first-order valence-corrected chi connectivity index (χ1v) is 8.38. The highest BCUT2D eigenvalue weighted by atomic mass is 16.4. The van der Waals surface area contributed by atoms with E-state index in [1.54, 1.807) is 19.2 Å². The Labute approximate surface area is 151 Å². The predicted octanol–water partition coefficient (Wildman–Crippen LogP) is 3.42. The number of hydrogen-bond acceptors (Lipinski definition) is 3. The molecule has 0 spiro atoms. The summed E-state index contributed by atoms with van der Waals surface area (Å²) in [5, 5.41) is 18.7. The lowest BCUT2D eigenvalue weighted by Gasteiger charge is -2.31. The maximum Gasteiger partial charge on any atom is 0.332 e. The van der Waals surface area contributed by atoms with Crippen LogP contribution in [0.5, 0.6) is 0 Å². The van der Waals surface area contributed by atoms with Crippen molar-refractivity contribution in [1.82, 2.24) is 9.78 Å². The van der Waals surface area contributed by atoms with Crippen molar-refractivity contribution in [2.45, 2.75) is 26.3 Å². The first kappa shape index (κ1) is 17.7. The minimum absolute atomic E-state index is 0.371. The molecule has 0 fully saturated rings. The Bertz CT molecular complexity index is 966. The van der Waals surface area contributed by atoms with Gasteiger partial charge in [0.2, 0.25) is 5.91 Å². The second kappa shape index (κ2) is 6.63. The molecule has 0 aliphatic heterocycles. The average molecular weight is 351 g/mol. The molecule has 6 heteroatoms. The smallest absolute Gasteiger partial charge is 0.332 e. The van der Waals surface area contributed by atoms with E-state index >= 15 is 0 Å². The van der Waals surface area contributed by atoms with Gasteiger partial charge in [-0.25, -0.2) is 4.79 Å². The van der Waals surface area contributed by atoms with Gasteiger partial charge in [0.25, 0.3) is 0 Å². The summed E-state index contributed by atoms with van der Waals surface area (Å²) < 4.78 is 1.32. The van der Waals surface area contributed by atoms with Crippen LogP contribution in [-0.4, -0.2) is 26.8 Å². The van der Waals surface area contributed by atoms with Crippen molar-refractivity contribution in [3.63, 3.8) is 0 Å². The van der Waals surface area contributed by atoms with E-state index in [4.69, 9.17) is 0 Å². The molecule has 26 heavy (non-hydrogen) atoms. The molecule has 2 atom stereocenters. The Morgan fingerprint density at radius 2 is 1.92 bits per heavy atom. The Morgan fingerprint density at radius 3 is 2.58 bits per heavy atom. The SMILES string of the molecule is Cc1ccc2ccccc2c1NC(=O)C(C)C(C)(C(=O)O)n1cccn1. The van der Waals surface area contributed by atoms with E-state index in [9.17, 15) is 14.7 Å². The first-order chi connectivity index (χ1) is 12.4. The second-order valence-corrected chi connectivity index (χ2v) is 6.59. The lowest BCUT2D eigenvalue weighted by molar-refractivity contribution is -0.152. The number of nitrogens with zero attached hydrogens (tertiary/aromatic N) is 2. The van der Waals surface area contributed by atoms with Gasteiger partial charge in [0.05, 0.1) is 11.6 Å². The normalized spacial score (nSPS) is 14.6. The van der Waals surface area contributed by atoms with E-state index < -0.39 is 17.4 Å². The lowest BCUT2D eigenvalue weighted by atomic mass is 9.86. The van der Waals surface area contributed by atoms with Crippen molar-refractivity contribution in [3.05, 3.63) is 60.4 Å². The van der Waals surface area contributed by atoms with Gasteiger partial charge >= 0.3 is 5.97 Å². The van der Waals surface area contributed by atoms with Crippen LogP contribution in [0.3, 0.4) is 0 Å². The molecule has 0 saturated heterocycles. The van der Waals surface area contributed by atoms with E-state index in [1.165, 1.54) is 17.8 Å². The van der Waals surface area contributed by atoms with Gasteiger partial charge in [-0.3, -0.25) is 9.48 Å². The molecule has 6 nitrogen and oxygen atoms in total.